The number of carbonyl (C=O) groups is 1. The van der Waals surface area contributed by atoms with Crippen molar-refractivity contribution >= 4 is 15.7 Å². The van der Waals surface area contributed by atoms with Crippen molar-refractivity contribution < 1.29 is 22.7 Å². The van der Waals surface area contributed by atoms with Gasteiger partial charge in [0.05, 0.1) is 28.1 Å². The van der Waals surface area contributed by atoms with E-state index in [1.165, 1.54) is 41.0 Å². The van der Waals surface area contributed by atoms with Crippen molar-refractivity contribution in [2.75, 3.05) is 0 Å². The molecule has 1 heterocycles. The Morgan fingerprint density at radius 2 is 1.84 bits per heavy atom. The molecule has 0 spiro atoms. The summed E-state index contributed by atoms with van der Waals surface area (Å²) in [5.41, 5.74) is 0.290. The molecule has 1 aliphatic rings. The number of carbonyl (C=O) groups excluding carboxylic acids is 1. The van der Waals surface area contributed by atoms with E-state index in [1.54, 1.807) is 30.3 Å². The maximum atomic E-state index is 15.4. The number of hydrogen-bond donors (Lipinski definition) is 2. The van der Waals surface area contributed by atoms with Gasteiger partial charge in [0.2, 0.25) is 15.7 Å². The van der Waals surface area contributed by atoms with E-state index in [-0.39, 0.29) is 27.9 Å². The Labute approximate surface area is 260 Å². The average molecular weight is 629 g/mol. The van der Waals surface area contributed by atoms with Crippen LogP contribution in [0, 0.1) is 17.1 Å². The first-order valence-corrected chi connectivity index (χ1v) is 16.4. The topological polar surface area (TPSA) is 142 Å². The zero-order valence-electron chi connectivity index (χ0n) is 25.0. The van der Waals surface area contributed by atoms with Crippen LogP contribution in [0.5, 0.6) is 5.88 Å². The zero-order valence-corrected chi connectivity index (χ0v) is 25.8. The molecule has 1 atom stereocenters. The highest BCUT2D eigenvalue weighted by atomic mass is 32.2. The van der Waals surface area contributed by atoms with Crippen LogP contribution < -0.4 is 10.9 Å². The summed E-state index contributed by atoms with van der Waals surface area (Å²) in [6.07, 6.45) is 3.87. The molecule has 9 nitrogen and oxygen atoms in total. The minimum Gasteiger partial charge on any atom is -0.493 e. The van der Waals surface area contributed by atoms with Crippen molar-refractivity contribution in [1.29, 1.82) is 5.26 Å². The van der Waals surface area contributed by atoms with E-state index in [2.05, 4.69) is 16.4 Å². The first-order chi connectivity index (χ1) is 21.6. The third kappa shape index (κ3) is 6.37. The van der Waals surface area contributed by atoms with Crippen molar-refractivity contribution in [3.05, 3.63) is 105 Å². The molecule has 4 aromatic rings. The number of nitrogens with zero attached hydrogens (tertiary/aromatic N) is 3. The molecule has 5 rings (SSSR count). The molecule has 45 heavy (non-hydrogen) atoms. The second-order valence-corrected chi connectivity index (χ2v) is 12.9. The van der Waals surface area contributed by atoms with E-state index >= 15 is 4.39 Å². The van der Waals surface area contributed by atoms with Gasteiger partial charge in [0.15, 0.2) is 4.90 Å². The van der Waals surface area contributed by atoms with Crippen LogP contribution in [0.1, 0.15) is 79.3 Å². The molecule has 0 saturated heterocycles. The van der Waals surface area contributed by atoms with Crippen molar-refractivity contribution in [2.45, 2.75) is 74.2 Å². The van der Waals surface area contributed by atoms with E-state index < -0.39 is 43.9 Å². The summed E-state index contributed by atoms with van der Waals surface area (Å²) < 4.78 is 44.5. The molecule has 1 saturated carbocycles. The molecule has 2 N–H and O–H groups in total. The predicted octanol–water partition coefficient (Wildman–Crippen LogP) is 5.69. The Kier molecular flexibility index (Phi) is 9.16. The lowest BCUT2D eigenvalue weighted by molar-refractivity contribution is 0.0947. The number of aromatic nitrogens is 2. The van der Waals surface area contributed by atoms with Crippen LogP contribution in [0.25, 0.3) is 11.1 Å². The number of sulfone groups is 1. The molecule has 11 heteroatoms. The number of rotatable bonds is 11. The second kappa shape index (κ2) is 13.0. The summed E-state index contributed by atoms with van der Waals surface area (Å²) in [5, 5.41) is 23.7. The van der Waals surface area contributed by atoms with Gasteiger partial charge < -0.3 is 10.4 Å². The lowest BCUT2D eigenvalue weighted by Crippen LogP contribution is -2.27. The Bertz CT molecular complexity index is 1960. The molecular weight excluding hydrogens is 595 g/mol. The Morgan fingerprint density at radius 3 is 2.49 bits per heavy atom. The second-order valence-electron chi connectivity index (χ2n) is 11.1. The molecule has 1 unspecified atom stereocenters. The summed E-state index contributed by atoms with van der Waals surface area (Å²) in [4.78, 5) is 28.7. The highest BCUT2D eigenvalue weighted by Crippen LogP contribution is 2.34. The third-order valence-corrected chi connectivity index (χ3v) is 9.67. The van der Waals surface area contributed by atoms with Gasteiger partial charge in [0.1, 0.15) is 11.6 Å². The van der Waals surface area contributed by atoms with Crippen LogP contribution in [-0.2, 0) is 16.3 Å². The number of aromatic hydroxyl groups is 1. The third-order valence-electron chi connectivity index (χ3n) is 7.89. The van der Waals surface area contributed by atoms with Crippen molar-refractivity contribution in [1.82, 2.24) is 14.9 Å². The molecule has 3 aromatic carbocycles. The summed E-state index contributed by atoms with van der Waals surface area (Å²) in [5.74, 6) is -1.74. The van der Waals surface area contributed by atoms with E-state index in [4.69, 9.17) is 0 Å². The van der Waals surface area contributed by atoms with Crippen LogP contribution in [0.3, 0.4) is 0 Å². The van der Waals surface area contributed by atoms with Crippen molar-refractivity contribution in [3.63, 3.8) is 0 Å². The van der Waals surface area contributed by atoms with Gasteiger partial charge in [-0.05, 0) is 67.1 Å². The number of hydrogen-bond acceptors (Lipinski definition) is 7. The highest BCUT2D eigenvalue weighted by molar-refractivity contribution is 7.91. The van der Waals surface area contributed by atoms with Gasteiger partial charge in [-0.15, -0.1) is 0 Å². The van der Waals surface area contributed by atoms with Gasteiger partial charge in [-0.25, -0.2) is 12.8 Å². The lowest BCUT2D eigenvalue weighted by Gasteiger charge is -2.25. The summed E-state index contributed by atoms with van der Waals surface area (Å²) in [6.45, 7) is 3.81. The largest absolute Gasteiger partial charge is 0.493 e. The fourth-order valence-electron chi connectivity index (χ4n) is 5.36. The first-order valence-electron chi connectivity index (χ1n) is 14.9. The molecule has 232 valence electrons. The molecular formula is C34H33FN4O5S. The van der Waals surface area contributed by atoms with Crippen LogP contribution in [0.4, 0.5) is 4.39 Å². The molecule has 1 fully saturated rings. The minimum absolute atomic E-state index is 0.0524. The van der Waals surface area contributed by atoms with Crippen molar-refractivity contribution in [2.24, 2.45) is 0 Å². The number of unbranched alkanes of at least 4 members (excludes halogenated alkanes) is 1. The molecule has 1 aliphatic carbocycles. The quantitative estimate of drug-likeness (QED) is 0.217. The van der Waals surface area contributed by atoms with Gasteiger partial charge in [0, 0.05) is 18.0 Å². The maximum absolute atomic E-state index is 15.4. The van der Waals surface area contributed by atoms with Gasteiger partial charge in [-0.1, -0.05) is 56.7 Å². The van der Waals surface area contributed by atoms with Crippen LogP contribution in [-0.4, -0.2) is 35.0 Å². The Balaban J connectivity index is 1.57. The fraction of sp³-hybridized carbons (Fsp3) is 0.294. The van der Waals surface area contributed by atoms with Crippen LogP contribution in [0.2, 0.25) is 0 Å². The minimum atomic E-state index is -4.59. The summed E-state index contributed by atoms with van der Waals surface area (Å²) in [7, 11) is -4.59. The number of amides is 1. The normalized spacial score (nSPS) is 13.6. The fourth-order valence-corrected chi connectivity index (χ4v) is 6.70. The van der Waals surface area contributed by atoms with Gasteiger partial charge in [0.25, 0.3) is 11.5 Å². The standard InChI is InChI=1S/C34H33FN4O5S/c1-3-5-12-29-38-33(41)31(34(42)39(29)28(4-2)23-9-6-8-21(19-23)20-36)45(43,44)25-17-13-22(14-18-25)26-10-7-11-27(30(26)35)32(40)37-24-15-16-24/h6-11,13-14,17-19,24,28,42H,3-5,12,15-16H2,1-2H3,(H,37,40). The van der Waals surface area contributed by atoms with E-state index in [0.29, 0.717) is 36.0 Å². The Morgan fingerprint density at radius 1 is 1.13 bits per heavy atom. The summed E-state index contributed by atoms with van der Waals surface area (Å²) in [6, 6.07) is 17.9. The number of aryl methyl sites for hydroxylation is 1. The van der Waals surface area contributed by atoms with E-state index in [1.807, 2.05) is 13.8 Å². The highest BCUT2D eigenvalue weighted by Gasteiger charge is 2.32. The first kappa shape index (κ1) is 31.6. The van der Waals surface area contributed by atoms with Crippen LogP contribution in [0.15, 0.2) is 81.3 Å². The molecule has 0 aliphatic heterocycles. The molecule has 0 bridgehead atoms. The summed E-state index contributed by atoms with van der Waals surface area (Å²) >= 11 is 0. The van der Waals surface area contributed by atoms with E-state index in [0.717, 1.165) is 19.3 Å². The molecule has 0 radical (unpaired) electrons. The Hall–Kier alpha value is -4.82. The zero-order chi connectivity index (χ0) is 32.3. The number of nitriles is 1. The molecule has 1 aromatic heterocycles. The lowest BCUT2D eigenvalue weighted by atomic mass is 10.0. The average Bonchev–Trinajstić information content (AvgIpc) is 3.85. The van der Waals surface area contributed by atoms with Gasteiger partial charge in [-0.3, -0.25) is 14.2 Å². The maximum Gasteiger partial charge on any atom is 0.296 e. The number of benzene rings is 3. The van der Waals surface area contributed by atoms with Gasteiger partial charge >= 0.3 is 0 Å². The number of halogens is 1. The SMILES string of the molecule is CCCCc1nc(=O)c(S(=O)(=O)c2ccc(-c3cccc(C(=O)NC4CC4)c3F)cc2)c(O)n1C(CC)c1cccc(C#N)c1. The smallest absolute Gasteiger partial charge is 0.296 e. The van der Waals surface area contributed by atoms with Crippen LogP contribution >= 0.6 is 0 Å². The monoisotopic (exact) mass is 628 g/mol. The van der Waals surface area contributed by atoms with Crippen molar-refractivity contribution in [3.8, 4) is 23.1 Å². The number of nitrogens with one attached hydrogen (secondary N) is 1. The van der Waals surface area contributed by atoms with E-state index in [9.17, 15) is 28.4 Å². The predicted molar refractivity (Wildman–Crippen MR) is 166 cm³/mol. The van der Waals surface area contributed by atoms with Gasteiger partial charge in [-0.2, -0.15) is 10.2 Å². The molecule has 1 amide bonds.